The highest BCUT2D eigenvalue weighted by atomic mass is 19.4. The van der Waals surface area contributed by atoms with Crippen molar-refractivity contribution in [1.29, 1.82) is 0 Å². The minimum absolute atomic E-state index is 0.0563. The lowest BCUT2D eigenvalue weighted by Crippen LogP contribution is -2.15. The molecule has 3 aromatic rings. The number of hydrogen-bond acceptors (Lipinski definition) is 4. The first-order valence-corrected chi connectivity index (χ1v) is 8.64. The zero-order chi connectivity index (χ0) is 21.3. The summed E-state index contributed by atoms with van der Waals surface area (Å²) in [4.78, 5) is 25.0. The van der Waals surface area contributed by atoms with Gasteiger partial charge in [0.05, 0.1) is 31.7 Å². The molecule has 152 valence electrons. The number of carbonyl (C=O) groups excluding carboxylic acids is 2. The molecule has 0 atom stereocenters. The molecule has 1 aromatic heterocycles. The van der Waals surface area contributed by atoms with E-state index >= 15 is 0 Å². The van der Waals surface area contributed by atoms with E-state index in [9.17, 15) is 22.8 Å². The molecule has 5 nitrogen and oxygen atoms in total. The summed E-state index contributed by atoms with van der Waals surface area (Å²) in [6.45, 7) is 1.67. The number of benzene rings is 2. The normalized spacial score (nSPS) is 11.5. The Morgan fingerprint density at radius 2 is 1.69 bits per heavy atom. The van der Waals surface area contributed by atoms with Gasteiger partial charge in [-0.2, -0.15) is 13.2 Å². The van der Waals surface area contributed by atoms with E-state index in [4.69, 9.17) is 9.47 Å². The Kier molecular flexibility index (Phi) is 5.37. The predicted octanol–water partition coefficient (Wildman–Crippen LogP) is 4.38. The molecule has 0 radical (unpaired) electrons. The fourth-order valence-electron chi connectivity index (χ4n) is 3.22. The van der Waals surface area contributed by atoms with Crippen LogP contribution in [0.3, 0.4) is 0 Å². The van der Waals surface area contributed by atoms with Gasteiger partial charge < -0.3 is 9.47 Å². The van der Waals surface area contributed by atoms with Crippen molar-refractivity contribution < 1.29 is 32.2 Å². The summed E-state index contributed by atoms with van der Waals surface area (Å²) in [5, 5.41) is 0.632. The number of methoxy groups -OCH3 is 2. The van der Waals surface area contributed by atoms with E-state index in [1.165, 1.54) is 18.8 Å². The van der Waals surface area contributed by atoms with E-state index in [2.05, 4.69) is 0 Å². The monoisotopic (exact) mass is 405 g/mol. The quantitative estimate of drug-likeness (QED) is 0.605. The Morgan fingerprint density at radius 1 is 1.03 bits per heavy atom. The lowest BCUT2D eigenvalue weighted by molar-refractivity contribution is -0.140. The van der Waals surface area contributed by atoms with Crippen LogP contribution in [-0.2, 0) is 22.1 Å². The molecule has 0 aliphatic carbocycles. The first-order valence-electron chi connectivity index (χ1n) is 8.64. The highest BCUT2D eigenvalue weighted by Gasteiger charge is 2.30. The van der Waals surface area contributed by atoms with E-state index in [1.807, 2.05) is 0 Å². The van der Waals surface area contributed by atoms with Gasteiger partial charge in [0.25, 0.3) is 5.91 Å². The second-order valence-corrected chi connectivity index (χ2v) is 6.42. The number of rotatable bonds is 4. The molecular weight excluding hydrogens is 387 g/mol. The smallest absolute Gasteiger partial charge is 0.416 e. The van der Waals surface area contributed by atoms with Gasteiger partial charge in [-0.3, -0.25) is 14.2 Å². The van der Waals surface area contributed by atoms with Crippen molar-refractivity contribution in [3.05, 3.63) is 64.8 Å². The lowest BCUT2D eigenvalue weighted by atomic mass is 10.1. The molecule has 0 N–H and O–H groups in total. The van der Waals surface area contributed by atoms with Crippen molar-refractivity contribution in [3.63, 3.8) is 0 Å². The number of hydrogen-bond donors (Lipinski definition) is 0. The summed E-state index contributed by atoms with van der Waals surface area (Å²) in [5.41, 5.74) is 0.874. The maximum atomic E-state index is 13.1. The van der Waals surface area contributed by atoms with E-state index in [0.717, 1.165) is 24.3 Å². The zero-order valence-corrected chi connectivity index (χ0v) is 16.0. The molecule has 0 amide bonds. The van der Waals surface area contributed by atoms with Gasteiger partial charge in [0.1, 0.15) is 5.75 Å². The molecule has 29 heavy (non-hydrogen) atoms. The van der Waals surface area contributed by atoms with Crippen LogP contribution in [0.2, 0.25) is 0 Å². The molecular formula is C21H18F3NO4. The topological polar surface area (TPSA) is 57.5 Å². The first-order chi connectivity index (χ1) is 13.7. The van der Waals surface area contributed by atoms with Crippen molar-refractivity contribution in [1.82, 2.24) is 4.57 Å². The second kappa shape index (κ2) is 7.62. The average molecular weight is 405 g/mol. The molecule has 0 saturated carbocycles. The van der Waals surface area contributed by atoms with Crippen LogP contribution in [0.25, 0.3) is 10.9 Å². The third-order valence-electron chi connectivity index (χ3n) is 4.75. The van der Waals surface area contributed by atoms with E-state index < -0.39 is 23.6 Å². The van der Waals surface area contributed by atoms with Gasteiger partial charge >= 0.3 is 12.1 Å². The van der Waals surface area contributed by atoms with Gasteiger partial charge in [0.15, 0.2) is 0 Å². The highest BCUT2D eigenvalue weighted by molar-refractivity contribution is 6.05. The van der Waals surface area contributed by atoms with Crippen molar-refractivity contribution in [3.8, 4) is 5.75 Å². The lowest BCUT2D eigenvalue weighted by Gasteiger charge is -2.10. The molecule has 0 spiro atoms. The Bertz CT molecular complexity index is 1080. The Labute approximate surface area is 164 Å². The number of esters is 1. The summed E-state index contributed by atoms with van der Waals surface area (Å²) < 4.78 is 49.8. The van der Waals surface area contributed by atoms with Crippen LogP contribution in [0, 0.1) is 6.92 Å². The summed E-state index contributed by atoms with van der Waals surface area (Å²) in [6, 6.07) is 9.06. The predicted molar refractivity (Wildman–Crippen MR) is 100 cm³/mol. The van der Waals surface area contributed by atoms with Gasteiger partial charge in [-0.15, -0.1) is 0 Å². The fraction of sp³-hybridized carbons (Fsp3) is 0.238. The van der Waals surface area contributed by atoms with Crippen molar-refractivity contribution >= 4 is 22.8 Å². The average Bonchev–Trinajstić information content (AvgIpc) is 2.97. The van der Waals surface area contributed by atoms with Gasteiger partial charge in [0, 0.05) is 16.6 Å². The largest absolute Gasteiger partial charge is 0.497 e. The maximum absolute atomic E-state index is 13.1. The number of aromatic nitrogens is 1. The van der Waals surface area contributed by atoms with Crippen LogP contribution >= 0.6 is 0 Å². The van der Waals surface area contributed by atoms with Crippen molar-refractivity contribution in [2.24, 2.45) is 0 Å². The summed E-state index contributed by atoms with van der Waals surface area (Å²) in [7, 11) is 2.77. The Hall–Kier alpha value is -3.29. The molecule has 0 unspecified atom stereocenters. The third-order valence-corrected chi connectivity index (χ3v) is 4.75. The second-order valence-electron chi connectivity index (χ2n) is 6.42. The SMILES string of the molecule is COC(=O)Cc1c(C)n(C(=O)c2ccc(C(F)(F)F)cc2)c2ccc(OC)cc12. The Morgan fingerprint density at radius 3 is 2.24 bits per heavy atom. The van der Waals surface area contributed by atoms with E-state index in [1.54, 1.807) is 25.1 Å². The summed E-state index contributed by atoms with van der Waals surface area (Å²) in [5.74, 6) is -0.429. The van der Waals surface area contributed by atoms with Crippen LogP contribution in [0.4, 0.5) is 13.2 Å². The van der Waals surface area contributed by atoms with Crippen LogP contribution in [0.5, 0.6) is 5.75 Å². The summed E-state index contributed by atoms with van der Waals surface area (Å²) >= 11 is 0. The molecule has 1 heterocycles. The van der Waals surface area contributed by atoms with Crippen LogP contribution in [0.15, 0.2) is 42.5 Å². The van der Waals surface area contributed by atoms with Gasteiger partial charge in [-0.1, -0.05) is 0 Å². The zero-order valence-electron chi connectivity index (χ0n) is 16.0. The van der Waals surface area contributed by atoms with Gasteiger partial charge in [0.2, 0.25) is 0 Å². The maximum Gasteiger partial charge on any atom is 0.416 e. The van der Waals surface area contributed by atoms with Crippen molar-refractivity contribution in [2.45, 2.75) is 19.5 Å². The number of fused-ring (bicyclic) bond motifs is 1. The van der Waals surface area contributed by atoms with Crippen LogP contribution < -0.4 is 4.74 Å². The van der Waals surface area contributed by atoms with E-state index in [-0.39, 0.29) is 12.0 Å². The minimum Gasteiger partial charge on any atom is -0.497 e. The third kappa shape index (κ3) is 3.83. The van der Waals surface area contributed by atoms with Crippen molar-refractivity contribution in [2.75, 3.05) is 14.2 Å². The standard InChI is InChI=1S/C21H18F3NO4/c1-12-16(11-19(26)29-3)17-10-15(28-2)8-9-18(17)25(12)20(27)13-4-6-14(7-5-13)21(22,23)24/h4-10H,11H2,1-3H3. The number of halogens is 3. The number of ether oxygens (including phenoxy) is 2. The Balaban J connectivity index is 2.14. The number of carbonyl (C=O) groups is 2. The molecule has 3 rings (SSSR count). The molecule has 0 bridgehead atoms. The highest BCUT2D eigenvalue weighted by Crippen LogP contribution is 2.32. The molecule has 8 heteroatoms. The van der Waals surface area contributed by atoms with E-state index in [0.29, 0.717) is 27.9 Å². The molecule has 0 aliphatic heterocycles. The summed E-state index contributed by atoms with van der Waals surface area (Å²) in [6.07, 6.45) is -4.54. The number of alkyl halides is 3. The minimum atomic E-state index is -4.48. The fourth-order valence-corrected chi connectivity index (χ4v) is 3.22. The molecule has 2 aromatic carbocycles. The van der Waals surface area contributed by atoms with Gasteiger partial charge in [-0.25, -0.2) is 0 Å². The first kappa shape index (κ1) is 20.4. The van der Waals surface area contributed by atoms with Crippen LogP contribution in [-0.4, -0.2) is 30.7 Å². The van der Waals surface area contributed by atoms with Crippen LogP contribution in [0.1, 0.15) is 27.2 Å². The molecule has 0 aliphatic rings. The molecule has 0 fully saturated rings. The molecule has 0 saturated heterocycles. The van der Waals surface area contributed by atoms with Gasteiger partial charge in [-0.05, 0) is 55.0 Å². The number of nitrogens with zero attached hydrogens (tertiary/aromatic N) is 1.